The van der Waals surface area contributed by atoms with Gasteiger partial charge in [0.1, 0.15) is 11.5 Å². The second-order valence-corrected chi connectivity index (χ2v) is 7.16. The topological polar surface area (TPSA) is 46.6 Å². The zero-order valence-corrected chi connectivity index (χ0v) is 14.0. The zero-order valence-electron chi connectivity index (χ0n) is 13.2. The normalized spacial score (nSPS) is 11.0. The van der Waals surface area contributed by atoms with Crippen molar-refractivity contribution < 1.29 is 13.2 Å². The fourth-order valence-electron chi connectivity index (χ4n) is 2.24. The van der Waals surface area contributed by atoms with Crippen LogP contribution in [-0.4, -0.2) is 15.5 Å². The average Bonchev–Trinajstić information content (AvgIpc) is 2.63. The molecule has 0 unspecified atom stereocenters. The van der Waals surface area contributed by atoms with E-state index in [4.69, 9.17) is 4.74 Å². The molecule has 0 N–H and O–H groups in total. The molecule has 122 valence electrons. The smallest absolute Gasteiger partial charge is 0.264 e. The highest BCUT2D eigenvalue weighted by Gasteiger charge is 2.21. The molecule has 0 aliphatic heterocycles. The van der Waals surface area contributed by atoms with Crippen molar-refractivity contribution in [1.82, 2.24) is 0 Å². The lowest BCUT2D eigenvalue weighted by molar-refractivity contribution is 0.482. The molecule has 4 nitrogen and oxygen atoms in total. The van der Waals surface area contributed by atoms with Crippen LogP contribution in [0.1, 0.15) is 0 Å². The molecule has 0 fully saturated rings. The van der Waals surface area contributed by atoms with Gasteiger partial charge in [0.15, 0.2) is 0 Å². The third-order valence-corrected chi connectivity index (χ3v) is 5.38. The predicted molar refractivity (Wildman–Crippen MR) is 95.0 cm³/mol. The zero-order chi connectivity index (χ0) is 17.0. The maximum atomic E-state index is 12.7. The molecular weight excluding hydrogens is 322 g/mol. The van der Waals surface area contributed by atoms with Crippen LogP contribution in [0.4, 0.5) is 5.69 Å². The van der Waals surface area contributed by atoms with Crippen molar-refractivity contribution in [3.8, 4) is 11.5 Å². The van der Waals surface area contributed by atoms with Gasteiger partial charge in [0.2, 0.25) is 0 Å². The highest BCUT2D eigenvalue weighted by Crippen LogP contribution is 2.25. The second kappa shape index (κ2) is 6.76. The van der Waals surface area contributed by atoms with Crippen LogP contribution in [0.15, 0.2) is 89.8 Å². The molecule has 0 spiro atoms. The van der Waals surface area contributed by atoms with Crippen molar-refractivity contribution in [3.05, 3.63) is 84.9 Å². The molecular formula is C19H17NO3S. The van der Waals surface area contributed by atoms with E-state index < -0.39 is 10.0 Å². The fraction of sp³-hybridized carbons (Fsp3) is 0.0526. The molecule has 3 aromatic rings. The van der Waals surface area contributed by atoms with Gasteiger partial charge in [-0.3, -0.25) is 4.31 Å². The van der Waals surface area contributed by atoms with Gasteiger partial charge in [-0.1, -0.05) is 36.4 Å². The lowest BCUT2D eigenvalue weighted by Crippen LogP contribution is -2.26. The Morgan fingerprint density at radius 2 is 1.21 bits per heavy atom. The quantitative estimate of drug-likeness (QED) is 0.696. The van der Waals surface area contributed by atoms with Gasteiger partial charge in [-0.2, -0.15) is 0 Å². The molecule has 24 heavy (non-hydrogen) atoms. The van der Waals surface area contributed by atoms with Gasteiger partial charge in [-0.15, -0.1) is 0 Å². The van der Waals surface area contributed by atoms with Gasteiger partial charge < -0.3 is 4.74 Å². The van der Waals surface area contributed by atoms with Gasteiger partial charge in [0.05, 0.1) is 10.6 Å². The Bertz CT molecular complexity index is 892. The van der Waals surface area contributed by atoms with Gasteiger partial charge in [-0.25, -0.2) is 8.42 Å². The number of hydrogen-bond donors (Lipinski definition) is 0. The fourth-order valence-corrected chi connectivity index (χ4v) is 3.43. The highest BCUT2D eigenvalue weighted by molar-refractivity contribution is 7.92. The van der Waals surface area contributed by atoms with Crippen LogP contribution in [0.5, 0.6) is 11.5 Å². The molecule has 0 amide bonds. The third kappa shape index (κ3) is 3.41. The first-order chi connectivity index (χ1) is 11.6. The van der Waals surface area contributed by atoms with Crippen LogP contribution in [0.3, 0.4) is 0 Å². The van der Waals surface area contributed by atoms with Crippen molar-refractivity contribution in [3.63, 3.8) is 0 Å². The minimum Gasteiger partial charge on any atom is -0.457 e. The number of hydrogen-bond acceptors (Lipinski definition) is 3. The van der Waals surface area contributed by atoms with E-state index in [1.165, 1.54) is 4.31 Å². The standard InChI is InChI=1S/C19H17NO3S/c1-20(16-8-4-2-5-9-16)24(21,22)19-14-12-18(13-15-19)23-17-10-6-3-7-11-17/h2-15H,1H3. The minimum absolute atomic E-state index is 0.217. The van der Waals surface area contributed by atoms with Gasteiger partial charge in [0, 0.05) is 7.05 Å². The number of sulfonamides is 1. The van der Waals surface area contributed by atoms with Gasteiger partial charge in [-0.05, 0) is 48.5 Å². The molecule has 0 saturated heterocycles. The Balaban J connectivity index is 1.82. The van der Waals surface area contributed by atoms with Crippen molar-refractivity contribution >= 4 is 15.7 Å². The molecule has 0 saturated carbocycles. The van der Waals surface area contributed by atoms with E-state index in [-0.39, 0.29) is 4.90 Å². The summed E-state index contributed by atoms with van der Waals surface area (Å²) in [6, 6.07) is 24.7. The number of anilines is 1. The van der Waals surface area contributed by atoms with E-state index in [2.05, 4.69) is 0 Å². The van der Waals surface area contributed by atoms with Gasteiger partial charge in [0.25, 0.3) is 10.0 Å². The Hall–Kier alpha value is -2.79. The minimum atomic E-state index is -3.60. The lowest BCUT2D eigenvalue weighted by Gasteiger charge is -2.19. The molecule has 0 atom stereocenters. The maximum Gasteiger partial charge on any atom is 0.264 e. The number of nitrogens with zero attached hydrogens (tertiary/aromatic N) is 1. The Morgan fingerprint density at radius 3 is 1.79 bits per heavy atom. The molecule has 3 aromatic carbocycles. The van der Waals surface area contributed by atoms with Crippen LogP contribution in [0, 0.1) is 0 Å². The van der Waals surface area contributed by atoms with Crippen molar-refractivity contribution in [2.45, 2.75) is 4.90 Å². The summed E-state index contributed by atoms with van der Waals surface area (Å²) in [5.74, 6) is 1.29. The van der Waals surface area contributed by atoms with Crippen molar-refractivity contribution in [2.24, 2.45) is 0 Å². The average molecular weight is 339 g/mol. The van der Waals surface area contributed by atoms with Crippen LogP contribution in [0.25, 0.3) is 0 Å². The van der Waals surface area contributed by atoms with E-state index in [1.807, 2.05) is 36.4 Å². The first-order valence-electron chi connectivity index (χ1n) is 7.44. The SMILES string of the molecule is CN(c1ccccc1)S(=O)(=O)c1ccc(Oc2ccccc2)cc1. The monoisotopic (exact) mass is 339 g/mol. The second-order valence-electron chi connectivity index (χ2n) is 5.19. The number of benzene rings is 3. The summed E-state index contributed by atoms with van der Waals surface area (Å²) in [5, 5.41) is 0. The Labute approximate surface area is 142 Å². The predicted octanol–water partition coefficient (Wildman–Crippen LogP) is 4.30. The summed E-state index contributed by atoms with van der Waals surface area (Å²) in [6.45, 7) is 0. The van der Waals surface area contributed by atoms with Crippen LogP contribution in [0.2, 0.25) is 0 Å². The lowest BCUT2D eigenvalue weighted by atomic mass is 10.3. The Morgan fingerprint density at radius 1 is 0.708 bits per heavy atom. The molecule has 0 aromatic heterocycles. The third-order valence-electron chi connectivity index (χ3n) is 3.58. The Kier molecular flexibility index (Phi) is 4.53. The van der Waals surface area contributed by atoms with Crippen molar-refractivity contribution in [2.75, 3.05) is 11.4 Å². The van der Waals surface area contributed by atoms with Crippen LogP contribution in [-0.2, 0) is 10.0 Å². The van der Waals surface area contributed by atoms with Crippen LogP contribution >= 0.6 is 0 Å². The number of para-hydroxylation sites is 2. The number of rotatable bonds is 5. The largest absolute Gasteiger partial charge is 0.457 e. The first-order valence-corrected chi connectivity index (χ1v) is 8.88. The summed E-state index contributed by atoms with van der Waals surface area (Å²) in [5.41, 5.74) is 0.613. The van der Waals surface area contributed by atoms with E-state index in [9.17, 15) is 8.42 Å². The van der Waals surface area contributed by atoms with E-state index in [0.29, 0.717) is 17.2 Å². The highest BCUT2D eigenvalue weighted by atomic mass is 32.2. The molecule has 0 aliphatic carbocycles. The molecule has 5 heteroatoms. The summed E-state index contributed by atoms with van der Waals surface area (Å²) in [6.07, 6.45) is 0. The van der Waals surface area contributed by atoms with Gasteiger partial charge >= 0.3 is 0 Å². The van der Waals surface area contributed by atoms with E-state index in [1.54, 1.807) is 55.6 Å². The van der Waals surface area contributed by atoms with Crippen LogP contribution < -0.4 is 9.04 Å². The van der Waals surface area contributed by atoms with E-state index >= 15 is 0 Å². The molecule has 0 heterocycles. The molecule has 0 aliphatic rings. The maximum absolute atomic E-state index is 12.7. The first kappa shape index (κ1) is 16.1. The summed E-state index contributed by atoms with van der Waals surface area (Å²) in [7, 11) is -2.06. The molecule has 0 radical (unpaired) electrons. The summed E-state index contributed by atoms with van der Waals surface area (Å²) >= 11 is 0. The van der Waals surface area contributed by atoms with Crippen molar-refractivity contribution in [1.29, 1.82) is 0 Å². The summed E-state index contributed by atoms with van der Waals surface area (Å²) < 4.78 is 32.3. The van der Waals surface area contributed by atoms with E-state index in [0.717, 1.165) is 0 Å². The summed E-state index contributed by atoms with van der Waals surface area (Å²) in [4.78, 5) is 0.217. The molecule has 0 bridgehead atoms. The molecule has 3 rings (SSSR count). The number of ether oxygens (including phenoxy) is 1.